The van der Waals surface area contributed by atoms with Crippen LogP contribution in [0.2, 0.25) is 0 Å². The molecule has 0 aromatic carbocycles. The molecule has 18 unspecified atom stereocenters. The summed E-state index contributed by atoms with van der Waals surface area (Å²) in [6, 6.07) is 0. The van der Waals surface area contributed by atoms with E-state index in [2.05, 4.69) is 32.9 Å². The maximum absolute atomic E-state index is 14.4. The molecule has 18 atom stereocenters. The van der Waals surface area contributed by atoms with Gasteiger partial charge in [-0.25, -0.2) is 4.57 Å². The van der Waals surface area contributed by atoms with E-state index < -0.39 is 156 Å². The van der Waals surface area contributed by atoms with Crippen molar-refractivity contribution in [1.29, 1.82) is 0 Å². The zero-order valence-electron chi connectivity index (χ0n) is 62.9. The molecule has 0 spiro atoms. The highest BCUT2D eigenvalue weighted by atomic mass is 31.2. The molecule has 3 aliphatic rings. The SMILES string of the molecule is CCCCCC/C=C\CCCCCCCCCC(=O)OCC1OC(OC2C(O)C(O)C(O)C(OC3OC(CO)C(O)C(O)C3O)C2OP(=O)(O)OCC(COC(=O)CCCCCCCCCCCCCCCCCCC)OC(=O)CCCCCCCCCCCCCCCCC)C(O)C(O)C1O. The number of aliphatic hydroxyl groups is 10. The summed E-state index contributed by atoms with van der Waals surface area (Å²) >= 11 is 0. The molecule has 11 N–H and O–H groups in total. The second kappa shape index (κ2) is 58.7. The molecule has 3 rings (SSSR count). The van der Waals surface area contributed by atoms with Crippen LogP contribution in [0.3, 0.4) is 0 Å². The minimum absolute atomic E-state index is 0.0249. The third-order valence-corrected chi connectivity index (χ3v) is 21.0. The summed E-state index contributed by atoms with van der Waals surface area (Å²) in [5, 5.41) is 110. The van der Waals surface area contributed by atoms with Gasteiger partial charge in [-0.3, -0.25) is 23.4 Å². The fraction of sp³-hybridized carbons (Fsp3) is 0.935. The zero-order chi connectivity index (χ0) is 74.6. The fourth-order valence-corrected chi connectivity index (χ4v) is 14.4. The third-order valence-electron chi connectivity index (χ3n) is 20.0. The highest BCUT2D eigenvalue weighted by Gasteiger charge is 2.58. The van der Waals surface area contributed by atoms with Crippen LogP contribution in [0.5, 0.6) is 0 Å². The predicted molar refractivity (Wildman–Crippen MR) is 388 cm³/mol. The van der Waals surface area contributed by atoms with Gasteiger partial charge in [-0.1, -0.05) is 277 Å². The van der Waals surface area contributed by atoms with E-state index in [1.807, 2.05) is 0 Å². The Labute approximate surface area is 612 Å². The van der Waals surface area contributed by atoms with Crippen LogP contribution >= 0.6 is 7.82 Å². The average Bonchev–Trinajstić information content (AvgIpc) is 0.761. The summed E-state index contributed by atoms with van der Waals surface area (Å²) in [6.07, 6.45) is 19.6. The highest BCUT2D eigenvalue weighted by molar-refractivity contribution is 7.47. The minimum Gasteiger partial charge on any atom is -0.463 e. The molecule has 1 saturated carbocycles. The number of hydrogen-bond acceptors (Lipinski definition) is 23. The summed E-state index contributed by atoms with van der Waals surface area (Å²) in [5.74, 6) is -1.98. The first-order valence-corrected chi connectivity index (χ1v) is 42.0. The number of esters is 3. The second-order valence-electron chi connectivity index (χ2n) is 29.1. The number of ether oxygens (including phenoxy) is 7. The van der Waals surface area contributed by atoms with E-state index in [0.29, 0.717) is 19.3 Å². The lowest BCUT2D eigenvalue weighted by molar-refractivity contribution is -0.360. The lowest BCUT2D eigenvalue weighted by atomic mass is 9.84. The molecule has 25 heteroatoms. The molecule has 2 heterocycles. The van der Waals surface area contributed by atoms with Crippen molar-refractivity contribution < 1.29 is 117 Å². The molecule has 0 bridgehead atoms. The van der Waals surface area contributed by atoms with Gasteiger partial charge in [-0.15, -0.1) is 0 Å². The standard InChI is InChI=1S/C77H143O24P/c1-4-7-10-13-16-19-22-25-28-29-32-34-36-39-42-45-48-51-61(79)93-55-58(96-63(81)53-50-47-44-41-38-35-31-27-24-21-18-15-12-9-6-3)56-95-102(91,92)101-75-73(99-76-71(89)66(84)64(82)59(54-78)97-76)69(87)68(86)70(88)74(75)100-77-72(90)67(85)65(83)60(98-77)57-94-62(80)52-49-46-43-40-37-33-30-26-23-20-17-14-11-8-5-2/h20,23,58-60,64-78,82-90H,4-19,21-22,24-57H2,1-3H3,(H,91,92)/b23-20-. The Morgan fingerprint density at radius 3 is 1.07 bits per heavy atom. The summed E-state index contributed by atoms with van der Waals surface area (Å²) < 4.78 is 65.2. The number of phosphoric ester groups is 1. The van der Waals surface area contributed by atoms with Gasteiger partial charge in [0, 0.05) is 19.3 Å². The van der Waals surface area contributed by atoms with Crippen LogP contribution in [0.25, 0.3) is 0 Å². The van der Waals surface area contributed by atoms with Gasteiger partial charge in [0.05, 0.1) is 13.2 Å². The van der Waals surface area contributed by atoms with Crippen molar-refractivity contribution in [2.45, 2.75) is 433 Å². The van der Waals surface area contributed by atoms with Crippen molar-refractivity contribution in [2.24, 2.45) is 0 Å². The Morgan fingerprint density at radius 2 is 0.686 bits per heavy atom. The van der Waals surface area contributed by atoms with Crippen LogP contribution in [0.15, 0.2) is 12.2 Å². The minimum atomic E-state index is -5.70. The predicted octanol–water partition coefficient (Wildman–Crippen LogP) is 12.3. The van der Waals surface area contributed by atoms with Gasteiger partial charge >= 0.3 is 25.7 Å². The molecule has 0 amide bonds. The van der Waals surface area contributed by atoms with Crippen molar-refractivity contribution in [3.05, 3.63) is 12.2 Å². The van der Waals surface area contributed by atoms with Crippen LogP contribution < -0.4 is 0 Å². The molecule has 3 fully saturated rings. The van der Waals surface area contributed by atoms with Crippen molar-refractivity contribution in [1.82, 2.24) is 0 Å². The molecule has 1 aliphatic carbocycles. The zero-order valence-corrected chi connectivity index (χ0v) is 63.8. The van der Waals surface area contributed by atoms with Crippen molar-refractivity contribution in [2.75, 3.05) is 26.4 Å². The van der Waals surface area contributed by atoms with Crippen LogP contribution in [0, 0.1) is 0 Å². The van der Waals surface area contributed by atoms with Crippen molar-refractivity contribution >= 4 is 25.7 Å². The summed E-state index contributed by atoms with van der Waals surface area (Å²) in [7, 11) is -5.70. The Morgan fingerprint density at radius 1 is 0.373 bits per heavy atom. The fourth-order valence-electron chi connectivity index (χ4n) is 13.5. The summed E-state index contributed by atoms with van der Waals surface area (Å²) in [5.41, 5.74) is 0. The molecule has 102 heavy (non-hydrogen) atoms. The van der Waals surface area contributed by atoms with Gasteiger partial charge in [0.2, 0.25) is 0 Å². The summed E-state index contributed by atoms with van der Waals surface area (Å²) in [4.78, 5) is 51.2. The van der Waals surface area contributed by atoms with Gasteiger partial charge in [0.15, 0.2) is 18.7 Å². The molecule has 24 nitrogen and oxygen atoms in total. The number of allylic oxidation sites excluding steroid dienone is 2. The highest BCUT2D eigenvalue weighted by Crippen LogP contribution is 2.49. The van der Waals surface area contributed by atoms with E-state index in [1.54, 1.807) is 0 Å². The Hall–Kier alpha value is -2.30. The number of hydrogen-bond donors (Lipinski definition) is 11. The number of unbranched alkanes of at least 4 members (excludes halogenated alkanes) is 41. The van der Waals surface area contributed by atoms with E-state index in [-0.39, 0.29) is 19.3 Å². The van der Waals surface area contributed by atoms with Gasteiger partial charge in [0.25, 0.3) is 0 Å². The van der Waals surface area contributed by atoms with Crippen LogP contribution in [-0.4, -0.2) is 204 Å². The van der Waals surface area contributed by atoms with Crippen molar-refractivity contribution in [3.63, 3.8) is 0 Å². The van der Waals surface area contributed by atoms with E-state index in [0.717, 1.165) is 109 Å². The maximum atomic E-state index is 14.4. The second-order valence-corrected chi connectivity index (χ2v) is 30.5. The van der Waals surface area contributed by atoms with Gasteiger partial charge in [0.1, 0.15) is 98.7 Å². The maximum Gasteiger partial charge on any atom is 0.472 e. The molecule has 2 aliphatic heterocycles. The largest absolute Gasteiger partial charge is 0.472 e. The first kappa shape index (κ1) is 93.9. The Kier molecular flexibility index (Phi) is 54.0. The number of carbonyl (C=O) groups is 3. The average molecular weight is 1480 g/mol. The van der Waals surface area contributed by atoms with E-state index in [9.17, 15) is 74.9 Å². The van der Waals surface area contributed by atoms with Crippen LogP contribution in [0.1, 0.15) is 329 Å². The van der Waals surface area contributed by atoms with E-state index >= 15 is 0 Å². The first-order valence-electron chi connectivity index (χ1n) is 40.5. The smallest absolute Gasteiger partial charge is 0.463 e. The number of carbonyl (C=O) groups excluding carboxylic acids is 3. The normalized spacial score (nSPS) is 27.0. The molecular formula is C77H143O24P. The van der Waals surface area contributed by atoms with Gasteiger partial charge in [-0.05, 0) is 44.9 Å². The molecule has 600 valence electrons. The lowest BCUT2D eigenvalue weighted by Gasteiger charge is -2.49. The van der Waals surface area contributed by atoms with Gasteiger partial charge in [-0.2, -0.15) is 0 Å². The quantitative estimate of drug-likeness (QED) is 0.00886. The van der Waals surface area contributed by atoms with Gasteiger partial charge < -0.3 is 89.1 Å². The van der Waals surface area contributed by atoms with Crippen LogP contribution in [0.4, 0.5) is 0 Å². The van der Waals surface area contributed by atoms with E-state index in [4.69, 9.17) is 42.2 Å². The lowest BCUT2D eigenvalue weighted by Crippen LogP contribution is -2.69. The van der Waals surface area contributed by atoms with Crippen molar-refractivity contribution in [3.8, 4) is 0 Å². The molecular weight excluding hydrogens is 1340 g/mol. The number of rotatable bonds is 64. The first-order chi connectivity index (χ1) is 49.3. The summed E-state index contributed by atoms with van der Waals surface area (Å²) in [6.45, 7) is 3.49. The molecule has 0 aromatic heterocycles. The number of phosphoric acid groups is 1. The Bertz CT molecular complexity index is 2150. The molecule has 2 saturated heterocycles. The molecule has 0 aromatic rings. The van der Waals surface area contributed by atoms with Crippen LogP contribution in [-0.2, 0) is 61.2 Å². The number of aliphatic hydroxyl groups excluding tert-OH is 10. The topological polar surface area (TPSA) is 374 Å². The van der Waals surface area contributed by atoms with E-state index in [1.165, 1.54) is 161 Å². The Balaban J connectivity index is 1.70. The monoisotopic (exact) mass is 1480 g/mol. The third kappa shape index (κ3) is 40.8. The molecule has 0 radical (unpaired) electrons.